The van der Waals surface area contributed by atoms with Gasteiger partial charge in [0, 0.05) is 18.8 Å². The first-order chi connectivity index (χ1) is 9.11. The highest BCUT2D eigenvalue weighted by Gasteiger charge is 2.17. The van der Waals surface area contributed by atoms with Gasteiger partial charge in [0.2, 0.25) is 0 Å². The predicted octanol–water partition coefficient (Wildman–Crippen LogP) is 3.04. The molecule has 102 valence electrons. The van der Waals surface area contributed by atoms with Crippen LogP contribution < -0.4 is 0 Å². The van der Waals surface area contributed by atoms with E-state index in [9.17, 15) is 9.18 Å². The Morgan fingerprint density at radius 3 is 2.63 bits per heavy atom. The smallest absolute Gasteiger partial charge is 0.341 e. The van der Waals surface area contributed by atoms with Crippen LogP contribution in [0.3, 0.4) is 0 Å². The van der Waals surface area contributed by atoms with E-state index in [1.165, 1.54) is 23.9 Å². The summed E-state index contributed by atoms with van der Waals surface area (Å²) in [6.45, 7) is 4.00. The van der Waals surface area contributed by atoms with Crippen LogP contribution >= 0.6 is 0 Å². The summed E-state index contributed by atoms with van der Waals surface area (Å²) in [5.74, 6) is -0.860. The minimum atomic E-state index is -0.489. The van der Waals surface area contributed by atoms with Crippen molar-refractivity contribution >= 4 is 5.97 Å². The SMILES string of the molecule is CC.COC(=O)c1cn(C)nc1-c1cccc(F)c1. The van der Waals surface area contributed by atoms with E-state index in [1.54, 1.807) is 25.4 Å². The monoisotopic (exact) mass is 264 g/mol. The molecule has 0 bridgehead atoms. The lowest BCUT2D eigenvalue weighted by Gasteiger charge is -2.00. The van der Waals surface area contributed by atoms with Crippen LogP contribution in [0.2, 0.25) is 0 Å². The summed E-state index contributed by atoms with van der Waals surface area (Å²) in [6.07, 6.45) is 1.55. The van der Waals surface area contributed by atoms with Gasteiger partial charge in [0.05, 0.1) is 7.11 Å². The molecule has 1 aromatic carbocycles. The van der Waals surface area contributed by atoms with Crippen LogP contribution in [0.1, 0.15) is 24.2 Å². The molecule has 0 saturated heterocycles. The van der Waals surface area contributed by atoms with Gasteiger partial charge in [-0.25, -0.2) is 9.18 Å². The second-order valence-electron chi connectivity index (χ2n) is 3.57. The van der Waals surface area contributed by atoms with E-state index in [2.05, 4.69) is 9.84 Å². The van der Waals surface area contributed by atoms with Crippen LogP contribution in [0.4, 0.5) is 4.39 Å². The van der Waals surface area contributed by atoms with Crippen molar-refractivity contribution in [2.75, 3.05) is 7.11 Å². The van der Waals surface area contributed by atoms with Crippen molar-refractivity contribution < 1.29 is 13.9 Å². The molecule has 0 amide bonds. The van der Waals surface area contributed by atoms with Gasteiger partial charge < -0.3 is 4.74 Å². The van der Waals surface area contributed by atoms with E-state index in [-0.39, 0.29) is 5.82 Å². The lowest BCUT2D eigenvalue weighted by atomic mass is 10.1. The van der Waals surface area contributed by atoms with Gasteiger partial charge in [-0.3, -0.25) is 4.68 Å². The Hall–Kier alpha value is -2.17. The van der Waals surface area contributed by atoms with Crippen molar-refractivity contribution in [2.24, 2.45) is 7.05 Å². The zero-order valence-corrected chi connectivity index (χ0v) is 11.5. The molecule has 0 aliphatic carbocycles. The molecular formula is C14H17FN2O2. The van der Waals surface area contributed by atoms with Crippen LogP contribution in [0.5, 0.6) is 0 Å². The van der Waals surface area contributed by atoms with E-state index in [0.717, 1.165) is 0 Å². The number of benzene rings is 1. The summed E-state index contributed by atoms with van der Waals surface area (Å²) < 4.78 is 19.3. The minimum absolute atomic E-state index is 0.320. The van der Waals surface area contributed by atoms with Gasteiger partial charge in [-0.05, 0) is 12.1 Å². The number of nitrogens with zero attached hydrogens (tertiary/aromatic N) is 2. The van der Waals surface area contributed by atoms with E-state index in [1.807, 2.05) is 13.8 Å². The fourth-order valence-electron chi connectivity index (χ4n) is 1.60. The van der Waals surface area contributed by atoms with Crippen molar-refractivity contribution in [3.63, 3.8) is 0 Å². The van der Waals surface area contributed by atoms with E-state index >= 15 is 0 Å². The lowest BCUT2D eigenvalue weighted by Crippen LogP contribution is -2.01. The first-order valence-electron chi connectivity index (χ1n) is 5.99. The van der Waals surface area contributed by atoms with Crippen molar-refractivity contribution in [3.05, 3.63) is 41.8 Å². The van der Waals surface area contributed by atoms with Crippen LogP contribution in [0, 0.1) is 5.82 Å². The molecule has 0 saturated carbocycles. The number of carbonyl (C=O) groups is 1. The van der Waals surface area contributed by atoms with E-state index in [0.29, 0.717) is 16.8 Å². The first kappa shape index (κ1) is 14.9. The first-order valence-corrected chi connectivity index (χ1v) is 5.99. The summed E-state index contributed by atoms with van der Waals surface area (Å²) in [5.41, 5.74) is 1.28. The maximum Gasteiger partial charge on any atom is 0.341 e. The zero-order valence-electron chi connectivity index (χ0n) is 11.5. The highest BCUT2D eigenvalue weighted by molar-refractivity contribution is 5.95. The van der Waals surface area contributed by atoms with Gasteiger partial charge in [-0.2, -0.15) is 5.10 Å². The number of carbonyl (C=O) groups excluding carboxylic acids is 1. The summed E-state index contributed by atoms with van der Waals surface area (Å²) in [7, 11) is 2.99. The molecule has 19 heavy (non-hydrogen) atoms. The quantitative estimate of drug-likeness (QED) is 0.783. The molecule has 2 aromatic rings. The highest BCUT2D eigenvalue weighted by Crippen LogP contribution is 2.23. The number of aryl methyl sites for hydroxylation is 1. The van der Waals surface area contributed by atoms with E-state index < -0.39 is 5.97 Å². The molecule has 0 N–H and O–H groups in total. The number of esters is 1. The van der Waals surface area contributed by atoms with Gasteiger partial charge in [-0.1, -0.05) is 26.0 Å². The van der Waals surface area contributed by atoms with E-state index in [4.69, 9.17) is 0 Å². The molecule has 0 radical (unpaired) electrons. The number of ether oxygens (including phenoxy) is 1. The summed E-state index contributed by atoms with van der Waals surface area (Å²) in [6, 6.07) is 5.93. The summed E-state index contributed by atoms with van der Waals surface area (Å²) >= 11 is 0. The largest absolute Gasteiger partial charge is 0.465 e. The average Bonchev–Trinajstić information content (AvgIpc) is 2.82. The Kier molecular flexibility index (Phi) is 5.23. The third-order valence-corrected chi connectivity index (χ3v) is 2.33. The summed E-state index contributed by atoms with van der Waals surface area (Å²) in [5, 5.41) is 4.14. The fourth-order valence-corrected chi connectivity index (χ4v) is 1.60. The number of methoxy groups -OCH3 is 1. The normalized spacial score (nSPS) is 9.53. The average molecular weight is 264 g/mol. The van der Waals surface area contributed by atoms with Gasteiger partial charge in [-0.15, -0.1) is 0 Å². The highest BCUT2D eigenvalue weighted by atomic mass is 19.1. The molecule has 5 heteroatoms. The maximum absolute atomic E-state index is 13.1. The van der Waals surface area contributed by atoms with Gasteiger partial charge in [0.1, 0.15) is 17.1 Å². The topological polar surface area (TPSA) is 44.1 Å². The fraction of sp³-hybridized carbons (Fsp3) is 0.286. The van der Waals surface area contributed by atoms with Crippen molar-refractivity contribution in [1.29, 1.82) is 0 Å². The molecule has 2 rings (SSSR count). The predicted molar refractivity (Wildman–Crippen MR) is 71.3 cm³/mol. The Balaban J connectivity index is 0.000000861. The molecule has 1 aromatic heterocycles. The third-order valence-electron chi connectivity index (χ3n) is 2.33. The molecular weight excluding hydrogens is 247 g/mol. The molecule has 4 nitrogen and oxygen atoms in total. The summed E-state index contributed by atoms with van der Waals surface area (Å²) in [4.78, 5) is 11.5. The second kappa shape index (κ2) is 6.68. The van der Waals surface area contributed by atoms with Gasteiger partial charge >= 0.3 is 5.97 Å². The van der Waals surface area contributed by atoms with Crippen LogP contribution in [0.25, 0.3) is 11.3 Å². The van der Waals surface area contributed by atoms with Crippen LogP contribution in [-0.4, -0.2) is 22.9 Å². The number of aromatic nitrogens is 2. The molecule has 0 fully saturated rings. The number of hydrogen-bond acceptors (Lipinski definition) is 3. The second-order valence-corrected chi connectivity index (χ2v) is 3.57. The Morgan fingerprint density at radius 2 is 2.05 bits per heavy atom. The molecule has 1 heterocycles. The van der Waals surface area contributed by atoms with Crippen molar-refractivity contribution in [2.45, 2.75) is 13.8 Å². The molecule has 0 atom stereocenters. The van der Waals surface area contributed by atoms with Crippen LogP contribution in [-0.2, 0) is 11.8 Å². The third kappa shape index (κ3) is 3.40. The Morgan fingerprint density at radius 1 is 1.37 bits per heavy atom. The standard InChI is InChI=1S/C12H11FN2O2.C2H6/c1-15-7-10(12(16)17-2)11(14-15)8-4-3-5-9(13)6-8;1-2/h3-7H,1-2H3;1-2H3. The molecule has 0 spiro atoms. The molecule has 0 aliphatic rings. The molecule has 0 aliphatic heterocycles. The van der Waals surface area contributed by atoms with Gasteiger partial charge in [0.15, 0.2) is 0 Å². The molecule has 0 unspecified atom stereocenters. The number of halogens is 1. The minimum Gasteiger partial charge on any atom is -0.465 e. The Labute approximate surface area is 111 Å². The van der Waals surface area contributed by atoms with Crippen molar-refractivity contribution in [3.8, 4) is 11.3 Å². The maximum atomic E-state index is 13.1. The number of rotatable bonds is 2. The van der Waals surface area contributed by atoms with Crippen LogP contribution in [0.15, 0.2) is 30.5 Å². The lowest BCUT2D eigenvalue weighted by molar-refractivity contribution is 0.0601. The Bertz CT molecular complexity index is 564. The zero-order chi connectivity index (χ0) is 14.4. The van der Waals surface area contributed by atoms with Gasteiger partial charge in [0.25, 0.3) is 0 Å². The number of hydrogen-bond donors (Lipinski definition) is 0. The van der Waals surface area contributed by atoms with Crippen molar-refractivity contribution in [1.82, 2.24) is 9.78 Å².